The number of ether oxygens (including phenoxy) is 2. The van der Waals surface area contributed by atoms with Gasteiger partial charge in [0.25, 0.3) is 0 Å². The molecular formula is C59H86O5. The first-order valence-electron chi connectivity index (χ1n) is 24.3. The summed E-state index contributed by atoms with van der Waals surface area (Å²) in [6.07, 6.45) is 84.0. The molecule has 64 heavy (non-hydrogen) atoms. The van der Waals surface area contributed by atoms with Crippen LogP contribution in [-0.4, -0.2) is 36.4 Å². The highest BCUT2D eigenvalue weighted by Gasteiger charge is 2.15. The van der Waals surface area contributed by atoms with Crippen LogP contribution in [0, 0.1) is 0 Å². The van der Waals surface area contributed by atoms with Crippen molar-refractivity contribution in [1.29, 1.82) is 0 Å². The molecule has 0 fully saturated rings. The summed E-state index contributed by atoms with van der Waals surface area (Å²) in [7, 11) is 0. The molecule has 1 unspecified atom stereocenters. The first kappa shape index (κ1) is 59.0. The number of carbonyl (C=O) groups excluding carboxylic acids is 2. The van der Waals surface area contributed by atoms with Gasteiger partial charge in [-0.3, -0.25) is 9.59 Å². The molecule has 1 atom stereocenters. The number of esters is 2. The first-order valence-corrected chi connectivity index (χ1v) is 24.3. The second-order valence-electron chi connectivity index (χ2n) is 15.1. The molecule has 0 aromatic carbocycles. The normalized spacial score (nSPS) is 13.9. The van der Waals surface area contributed by atoms with Gasteiger partial charge in [0.05, 0.1) is 6.61 Å². The van der Waals surface area contributed by atoms with Crippen molar-refractivity contribution in [3.63, 3.8) is 0 Å². The summed E-state index contributed by atoms with van der Waals surface area (Å²) in [4.78, 5) is 24.4. The van der Waals surface area contributed by atoms with Crippen molar-refractivity contribution < 1.29 is 24.2 Å². The topological polar surface area (TPSA) is 72.8 Å². The van der Waals surface area contributed by atoms with Gasteiger partial charge < -0.3 is 14.6 Å². The fourth-order valence-corrected chi connectivity index (χ4v) is 5.61. The van der Waals surface area contributed by atoms with E-state index in [1.165, 1.54) is 0 Å². The molecule has 0 aliphatic heterocycles. The molecule has 0 heterocycles. The van der Waals surface area contributed by atoms with Gasteiger partial charge >= 0.3 is 11.9 Å². The van der Waals surface area contributed by atoms with E-state index in [1.807, 2.05) is 0 Å². The second kappa shape index (κ2) is 52.3. The van der Waals surface area contributed by atoms with Gasteiger partial charge in [-0.1, -0.05) is 196 Å². The summed E-state index contributed by atoms with van der Waals surface area (Å²) in [6, 6.07) is 0. The molecule has 0 spiro atoms. The molecule has 0 aliphatic rings. The van der Waals surface area contributed by atoms with Gasteiger partial charge in [-0.05, 0) is 128 Å². The Hall–Kier alpha value is -5.00. The van der Waals surface area contributed by atoms with E-state index >= 15 is 0 Å². The van der Waals surface area contributed by atoms with Crippen LogP contribution in [0.5, 0.6) is 0 Å². The fraction of sp³-hybridized carbons (Fsp3) is 0.458. The van der Waals surface area contributed by atoms with Crippen LogP contribution >= 0.6 is 0 Å². The third kappa shape index (κ3) is 49.7. The monoisotopic (exact) mass is 875 g/mol. The van der Waals surface area contributed by atoms with Crippen LogP contribution in [0.15, 0.2) is 182 Å². The van der Waals surface area contributed by atoms with Crippen LogP contribution in [0.4, 0.5) is 0 Å². The minimum atomic E-state index is -0.836. The average molecular weight is 875 g/mol. The Morgan fingerprint density at radius 3 is 0.922 bits per heavy atom. The lowest BCUT2D eigenvalue weighted by Gasteiger charge is -2.15. The number of rotatable bonds is 41. The van der Waals surface area contributed by atoms with Crippen molar-refractivity contribution in [2.45, 2.75) is 161 Å². The zero-order valence-corrected chi connectivity index (χ0v) is 39.9. The number of aliphatic hydroxyl groups is 1. The predicted octanol–water partition coefficient (Wildman–Crippen LogP) is 16.4. The molecule has 352 valence electrons. The summed E-state index contributed by atoms with van der Waals surface area (Å²) >= 11 is 0. The van der Waals surface area contributed by atoms with E-state index in [1.54, 1.807) is 0 Å². The summed E-state index contributed by atoms with van der Waals surface area (Å²) in [5, 5.41) is 9.61. The van der Waals surface area contributed by atoms with E-state index in [0.29, 0.717) is 12.8 Å². The maximum Gasteiger partial charge on any atom is 0.306 e. The summed E-state index contributed by atoms with van der Waals surface area (Å²) < 4.78 is 10.6. The Labute approximate surface area is 391 Å². The molecule has 0 saturated heterocycles. The molecule has 0 aliphatic carbocycles. The molecule has 5 heteroatoms. The van der Waals surface area contributed by atoms with Gasteiger partial charge in [-0.15, -0.1) is 0 Å². The van der Waals surface area contributed by atoms with Gasteiger partial charge in [-0.25, -0.2) is 0 Å². The average Bonchev–Trinajstić information content (AvgIpc) is 3.30. The van der Waals surface area contributed by atoms with E-state index in [-0.39, 0.29) is 38.0 Å². The van der Waals surface area contributed by atoms with Crippen molar-refractivity contribution >= 4 is 11.9 Å². The van der Waals surface area contributed by atoms with Gasteiger partial charge in [0, 0.05) is 12.8 Å². The Morgan fingerprint density at radius 2 is 0.625 bits per heavy atom. The first-order chi connectivity index (χ1) is 31.6. The number of aliphatic hydroxyl groups excluding tert-OH is 1. The van der Waals surface area contributed by atoms with Crippen molar-refractivity contribution in [1.82, 2.24) is 0 Å². The van der Waals surface area contributed by atoms with Gasteiger partial charge in [-0.2, -0.15) is 0 Å². The molecule has 0 radical (unpaired) electrons. The molecule has 0 saturated carbocycles. The van der Waals surface area contributed by atoms with E-state index in [9.17, 15) is 14.7 Å². The zero-order chi connectivity index (χ0) is 46.3. The Kier molecular flexibility index (Phi) is 48.3. The van der Waals surface area contributed by atoms with Crippen LogP contribution < -0.4 is 0 Å². The highest BCUT2D eigenvalue weighted by atomic mass is 16.6. The number of carbonyl (C=O) groups is 2. The SMILES string of the molecule is CC/C=C\C/C=C\C/C=C\C/C=C\C/C=C\C/C=C\C/C=C\C/C=C\CCCCC(=O)OC(CO)COC(=O)CCC/C=C\C/C=C\C/C=C\C/C=C\C/C=C\C/C=C\C/C=C\CC. The zero-order valence-electron chi connectivity index (χ0n) is 39.9. The van der Waals surface area contributed by atoms with Gasteiger partial charge in [0.15, 0.2) is 6.10 Å². The van der Waals surface area contributed by atoms with Crippen LogP contribution in [0.3, 0.4) is 0 Å². The van der Waals surface area contributed by atoms with E-state index in [4.69, 9.17) is 9.47 Å². The van der Waals surface area contributed by atoms with Crippen molar-refractivity contribution in [3.05, 3.63) is 182 Å². The van der Waals surface area contributed by atoms with E-state index < -0.39 is 6.10 Å². The Bertz CT molecular complexity index is 1550. The quantitative estimate of drug-likeness (QED) is 0.0376. The standard InChI is InChI=1S/C59H86O5/c1-3-5-7-9-11-13-15-17-19-21-23-25-27-28-29-30-32-34-36-38-40-42-44-46-48-50-52-54-59(62)64-57(55-60)56-63-58(61)53-51-49-47-45-43-41-39-37-35-33-31-26-24-22-20-18-16-14-12-10-8-6-4-2/h5-8,11-14,17-20,23-26,28-29,32-35,38-41,44-47,57,60H,3-4,9-10,15-16,21-22,27,30-31,36-37,42-43,48-56H2,1-2H3/b7-5-,8-6-,13-11-,14-12-,19-17-,20-18-,25-23-,26-24-,29-28-,34-32-,35-33-,40-38-,41-39-,46-44-,47-45-. The number of hydrogen-bond acceptors (Lipinski definition) is 5. The fourth-order valence-electron chi connectivity index (χ4n) is 5.61. The van der Waals surface area contributed by atoms with Gasteiger partial charge in [0.1, 0.15) is 6.61 Å². The molecule has 1 N–H and O–H groups in total. The molecular weight excluding hydrogens is 789 g/mol. The van der Waals surface area contributed by atoms with E-state index in [2.05, 4.69) is 196 Å². The molecule has 0 bridgehead atoms. The highest BCUT2D eigenvalue weighted by Crippen LogP contribution is 2.07. The maximum atomic E-state index is 12.2. The van der Waals surface area contributed by atoms with Crippen molar-refractivity contribution in [2.24, 2.45) is 0 Å². The molecule has 0 amide bonds. The number of allylic oxidation sites excluding steroid dienone is 30. The lowest BCUT2D eigenvalue weighted by atomic mass is 10.2. The largest absolute Gasteiger partial charge is 0.462 e. The van der Waals surface area contributed by atoms with E-state index in [0.717, 1.165) is 116 Å². The summed E-state index contributed by atoms with van der Waals surface area (Å²) in [5.74, 6) is -0.733. The lowest BCUT2D eigenvalue weighted by molar-refractivity contribution is -0.161. The number of hydrogen-bond donors (Lipinski definition) is 1. The van der Waals surface area contributed by atoms with Crippen LogP contribution in [0.2, 0.25) is 0 Å². The molecule has 0 aromatic rings. The minimum absolute atomic E-state index is 0.129. The summed E-state index contributed by atoms with van der Waals surface area (Å²) in [6.45, 7) is 3.80. The van der Waals surface area contributed by atoms with Crippen LogP contribution in [0.1, 0.15) is 155 Å². The van der Waals surface area contributed by atoms with Crippen molar-refractivity contribution in [3.8, 4) is 0 Å². The maximum absolute atomic E-state index is 12.2. The number of unbranched alkanes of at least 4 members (excludes halogenated alkanes) is 3. The molecule has 0 aromatic heterocycles. The lowest BCUT2D eigenvalue weighted by Crippen LogP contribution is -2.28. The Morgan fingerprint density at radius 1 is 0.359 bits per heavy atom. The third-order valence-electron chi connectivity index (χ3n) is 9.19. The van der Waals surface area contributed by atoms with Crippen LogP contribution in [0.25, 0.3) is 0 Å². The summed E-state index contributed by atoms with van der Waals surface area (Å²) in [5.41, 5.74) is 0. The Balaban J connectivity index is 3.81. The van der Waals surface area contributed by atoms with Crippen molar-refractivity contribution in [2.75, 3.05) is 13.2 Å². The predicted molar refractivity (Wildman–Crippen MR) is 278 cm³/mol. The molecule has 0 rings (SSSR count). The van der Waals surface area contributed by atoms with Crippen LogP contribution in [-0.2, 0) is 19.1 Å². The minimum Gasteiger partial charge on any atom is -0.462 e. The highest BCUT2D eigenvalue weighted by molar-refractivity contribution is 5.70. The molecule has 5 nitrogen and oxygen atoms in total. The smallest absolute Gasteiger partial charge is 0.306 e. The second-order valence-corrected chi connectivity index (χ2v) is 15.1. The third-order valence-corrected chi connectivity index (χ3v) is 9.19. The van der Waals surface area contributed by atoms with Gasteiger partial charge in [0.2, 0.25) is 0 Å².